The number of aliphatic hydroxyl groups is 3. The Labute approximate surface area is 753 Å². The molecule has 0 bridgehead atoms. The van der Waals surface area contributed by atoms with E-state index in [1.54, 1.807) is 67.8 Å². The van der Waals surface area contributed by atoms with Crippen molar-refractivity contribution >= 4 is 140 Å². The number of rotatable bonds is 24. The van der Waals surface area contributed by atoms with Crippen molar-refractivity contribution in [3.63, 3.8) is 0 Å². The van der Waals surface area contributed by atoms with Gasteiger partial charge in [0.05, 0.1) is 31.4 Å². The van der Waals surface area contributed by atoms with Crippen LogP contribution in [0.3, 0.4) is 0 Å². The SMILES string of the molecule is CCCC[C@H]1C(=O)N[C@@H](CC(N)=O)C(=O)N2CCC[C@H]2C(=O)N[C@@H](CO)C(=O)N[C@@H](CCO)C(=O)N2C[C@H](O)C[C@H]2C(=O)N[C@@H](Cc2c[nH]c3ccccc23)C(=O)N[C@@H](CCCN)C(=O)N[C@@H](Cc2c[nH]c3ccccc23)C(=O)N(C)[C@@H](C)C(=O)N(C)[C@@H](C)C(=O)N[C@@H](CCCNC(=N)N)C(=O)NC(C(=O)NCC(N)=O)CSCC(=O)N[C@@H](Cc2ccc(O)cc2)C(=O)N1C. The molecule has 708 valence electrons. The number of nitrogens with one attached hydrogen (secondary N) is 14. The highest BCUT2D eigenvalue weighted by atomic mass is 32.2. The lowest BCUT2D eigenvalue weighted by Crippen LogP contribution is -2.61. The number of para-hydroxylation sites is 2. The highest BCUT2D eigenvalue weighted by Crippen LogP contribution is 2.27. The molecule has 3 aromatic carbocycles. The fourth-order valence-electron chi connectivity index (χ4n) is 15.6. The van der Waals surface area contributed by atoms with Gasteiger partial charge in [-0.1, -0.05) is 68.3 Å². The van der Waals surface area contributed by atoms with E-state index < -0.39 is 254 Å². The summed E-state index contributed by atoms with van der Waals surface area (Å²) in [5.74, 6) is -18.3. The van der Waals surface area contributed by atoms with E-state index in [4.69, 9.17) is 28.3 Å². The predicted octanol–water partition coefficient (Wildman–Crippen LogP) is -5.99. The maximum Gasteiger partial charge on any atom is 0.246 e. The molecule has 3 aliphatic rings. The quantitative estimate of drug-likeness (QED) is 0.0155. The Morgan fingerprint density at radius 3 is 1.67 bits per heavy atom. The maximum atomic E-state index is 15.3. The first-order chi connectivity index (χ1) is 61.9. The number of hydrogen-bond donors (Lipinski definition) is 22. The molecule has 2 aromatic heterocycles. The summed E-state index contributed by atoms with van der Waals surface area (Å²) in [6.45, 7) is 1.05. The number of nitrogens with zero attached hydrogens (tertiary/aromatic N) is 5. The Bertz CT molecular complexity index is 4900. The van der Waals surface area contributed by atoms with E-state index in [9.17, 15) is 78.0 Å². The van der Waals surface area contributed by atoms with Crippen molar-refractivity contribution < 1.29 is 102 Å². The summed E-state index contributed by atoms with van der Waals surface area (Å²) >= 11 is 0.750. The molecule has 5 heterocycles. The summed E-state index contributed by atoms with van der Waals surface area (Å²) < 4.78 is 0. The molecule has 0 aliphatic carbocycles. The number of phenolic OH excluding ortho intramolecular Hbond substituents is 1. The molecule has 0 radical (unpaired) electrons. The Balaban J connectivity index is 1.17. The van der Waals surface area contributed by atoms with Gasteiger partial charge >= 0.3 is 0 Å². The van der Waals surface area contributed by atoms with E-state index in [1.807, 2.05) is 0 Å². The number of amides is 17. The average molecular weight is 1830 g/mol. The number of benzene rings is 3. The third-order valence-electron chi connectivity index (χ3n) is 23.1. The number of likely N-dealkylation sites (N-methyl/N-ethyl adjacent to an activating group) is 3. The van der Waals surface area contributed by atoms with Crippen molar-refractivity contribution in [3.05, 3.63) is 102 Å². The molecule has 44 nitrogen and oxygen atoms in total. The van der Waals surface area contributed by atoms with Gasteiger partial charge in [-0.15, -0.1) is 11.8 Å². The number of aromatic amines is 2. The number of carbonyl (C=O) groups is 17. The minimum atomic E-state index is -1.90. The van der Waals surface area contributed by atoms with Crippen LogP contribution in [0.25, 0.3) is 21.8 Å². The number of primary amides is 2. The highest BCUT2D eigenvalue weighted by molar-refractivity contribution is 8.00. The van der Waals surface area contributed by atoms with Crippen molar-refractivity contribution in [1.82, 2.24) is 93.0 Å². The summed E-state index contributed by atoms with van der Waals surface area (Å²) in [4.78, 5) is 258. The third kappa shape index (κ3) is 28.2. The maximum absolute atomic E-state index is 15.3. The van der Waals surface area contributed by atoms with Crippen molar-refractivity contribution in [2.45, 2.75) is 208 Å². The molecule has 26 N–H and O–H groups in total. The monoisotopic (exact) mass is 1830 g/mol. The Kier molecular flexibility index (Phi) is 38.6. The van der Waals surface area contributed by atoms with Gasteiger partial charge in [-0.2, -0.15) is 0 Å². The molecule has 17 amide bonds. The molecule has 0 spiro atoms. The van der Waals surface area contributed by atoms with Crippen LogP contribution in [0, 0.1) is 5.41 Å². The van der Waals surface area contributed by atoms with Crippen molar-refractivity contribution in [2.24, 2.45) is 22.9 Å². The number of thioether (sulfide) groups is 1. The Morgan fingerprint density at radius 2 is 1.06 bits per heavy atom. The van der Waals surface area contributed by atoms with Gasteiger partial charge in [0.2, 0.25) is 100 Å². The van der Waals surface area contributed by atoms with Crippen LogP contribution in [0.4, 0.5) is 0 Å². The lowest BCUT2D eigenvalue weighted by Gasteiger charge is -2.34. The van der Waals surface area contributed by atoms with Crippen LogP contribution in [-0.4, -0.2) is 331 Å². The molecule has 130 heavy (non-hydrogen) atoms. The predicted molar refractivity (Wildman–Crippen MR) is 474 cm³/mol. The minimum absolute atomic E-state index is 0.0184. The molecule has 8 rings (SSSR count). The zero-order valence-electron chi connectivity index (χ0n) is 73.4. The van der Waals surface area contributed by atoms with Gasteiger partial charge in [-0.05, 0) is 113 Å². The normalized spacial score (nSPS) is 25.2. The summed E-state index contributed by atoms with van der Waals surface area (Å²) in [6.07, 6.45) is -0.423. The van der Waals surface area contributed by atoms with Gasteiger partial charge in [0.25, 0.3) is 0 Å². The summed E-state index contributed by atoms with van der Waals surface area (Å²) in [5.41, 5.74) is 25.4. The lowest BCUT2D eigenvalue weighted by atomic mass is 10.0. The summed E-state index contributed by atoms with van der Waals surface area (Å²) in [6, 6.07) is -2.70. The van der Waals surface area contributed by atoms with Crippen molar-refractivity contribution in [1.29, 1.82) is 5.41 Å². The number of aromatic nitrogens is 2. The number of nitrogens with two attached hydrogens (primary N) is 4. The number of H-pyrrole nitrogens is 2. The van der Waals surface area contributed by atoms with E-state index >= 15 is 24.0 Å². The second-order valence-electron chi connectivity index (χ2n) is 32.5. The number of carbonyl (C=O) groups excluding carboxylic acids is 17. The molecule has 0 saturated carbocycles. The first-order valence-electron chi connectivity index (χ1n) is 43.0. The van der Waals surface area contributed by atoms with Crippen LogP contribution in [0.1, 0.15) is 115 Å². The van der Waals surface area contributed by atoms with Crippen LogP contribution >= 0.6 is 11.8 Å². The van der Waals surface area contributed by atoms with E-state index in [-0.39, 0.29) is 96.0 Å². The van der Waals surface area contributed by atoms with Gasteiger partial charge in [-0.3, -0.25) is 86.9 Å². The van der Waals surface area contributed by atoms with Gasteiger partial charge in [-0.25, -0.2) is 0 Å². The standard InChI is InChI=1S/C85H121N23O21S/c1-7-8-22-65-77(122)101-62(37-68(87)113)84(129)107-31-15-23-66(107)78(123)102-63(42-110)76(121)98-58(28-32-109)83(128)108-41-51(112)36-67(108)79(124)99-59(34-48-38-92-54-18-11-9-16-52(48)54)75(120)97-56(20-13-29-86)73(118)100-61(35-49-39-93-55-19-12-10-17-53(49)55)81(126)105(5)46(3)80(125)104(4)45(2)71(116)96-57(21-14-30-91-85(89)90)74(119)103-64(72(117)94-40-69(88)114)43-130-44-70(115)95-60(82(127)106(65)6)33-47-24-26-50(111)27-25-47/h9-12,16-19,24-27,38-39,45-46,51,56-67,92-93,109-112H,7-8,13-15,20-23,28-37,40-44,86H2,1-6H3,(H2,87,113)(H2,88,114)(H,94,117)(H,95,115)(H,96,116)(H,97,120)(H,98,121)(H,99,124)(H,100,118)(H,101,122)(H,102,123)(H,103,119)(H4,89,90,91)/t45-,46-,51+,56-,57-,58-,59-,60-,61-,62-,63-,64?,65-,66-,67-/m0/s1. The minimum Gasteiger partial charge on any atom is -0.508 e. The number of aromatic hydroxyl groups is 1. The Morgan fingerprint density at radius 1 is 0.531 bits per heavy atom. The van der Waals surface area contributed by atoms with E-state index in [1.165, 1.54) is 59.3 Å². The van der Waals surface area contributed by atoms with Gasteiger partial charge in [0.15, 0.2) is 5.96 Å². The molecule has 3 saturated heterocycles. The van der Waals surface area contributed by atoms with E-state index in [0.717, 1.165) is 36.3 Å². The zero-order valence-corrected chi connectivity index (χ0v) is 74.2. The number of unbranched alkanes of at least 4 members (excludes halogenated alkanes) is 1. The van der Waals surface area contributed by atoms with Gasteiger partial charge < -0.3 is 136 Å². The van der Waals surface area contributed by atoms with Gasteiger partial charge in [0.1, 0.15) is 90.3 Å². The van der Waals surface area contributed by atoms with Crippen LogP contribution in [0.15, 0.2) is 85.2 Å². The molecule has 3 aliphatic heterocycles. The van der Waals surface area contributed by atoms with E-state index in [0.29, 0.717) is 44.9 Å². The molecule has 3 fully saturated rings. The fourth-order valence-corrected chi connectivity index (χ4v) is 16.5. The largest absolute Gasteiger partial charge is 0.508 e. The number of aliphatic hydroxyl groups excluding tert-OH is 3. The zero-order chi connectivity index (χ0) is 95.3. The van der Waals surface area contributed by atoms with E-state index in [2.05, 4.69) is 68.5 Å². The van der Waals surface area contributed by atoms with Crippen LogP contribution < -0.4 is 81.4 Å². The Hall–Kier alpha value is -13.0. The third-order valence-corrected chi connectivity index (χ3v) is 24.1. The second kappa shape index (κ2) is 49.0. The molecule has 45 heteroatoms. The highest BCUT2D eigenvalue weighted by Gasteiger charge is 2.46. The van der Waals surface area contributed by atoms with Crippen molar-refractivity contribution in [2.75, 3.05) is 78.6 Å². The van der Waals surface area contributed by atoms with Gasteiger partial charge in [0, 0.05) is 113 Å². The molecule has 1 unspecified atom stereocenters. The number of phenols is 1. The first kappa shape index (κ1) is 102. The van der Waals surface area contributed by atoms with Crippen LogP contribution in [0.2, 0.25) is 0 Å². The lowest BCUT2D eigenvalue weighted by molar-refractivity contribution is -0.148. The fraction of sp³-hybridized carbons (Fsp3) is 0.529. The molecular weight excluding hydrogens is 1710 g/mol. The smallest absolute Gasteiger partial charge is 0.246 e. The number of hydrogen-bond acceptors (Lipinski definition) is 24. The number of fused-ring (bicyclic) bond motifs is 4. The molecular formula is C85H121N23O21S. The number of guanidine groups is 1. The molecule has 15 atom stereocenters. The van der Waals surface area contributed by atoms with Crippen molar-refractivity contribution in [3.8, 4) is 5.75 Å². The summed E-state index contributed by atoms with van der Waals surface area (Å²) in [5, 5.41) is 80.1. The topological polar surface area (TPSA) is 679 Å². The first-order valence-corrected chi connectivity index (χ1v) is 44.1. The second-order valence-corrected chi connectivity index (χ2v) is 33.6. The van der Waals surface area contributed by atoms with Crippen LogP contribution in [0.5, 0.6) is 5.75 Å². The average Bonchev–Trinajstić information content (AvgIpc) is 1.53. The van der Waals surface area contributed by atoms with Crippen LogP contribution in [-0.2, 0) is 101 Å². The summed E-state index contributed by atoms with van der Waals surface area (Å²) in [7, 11) is 3.78. The molecule has 5 aromatic rings.